The van der Waals surface area contributed by atoms with Gasteiger partial charge in [0.2, 0.25) is 5.91 Å². The van der Waals surface area contributed by atoms with Crippen molar-refractivity contribution in [2.75, 3.05) is 40.4 Å². The Morgan fingerprint density at radius 1 is 1.07 bits per heavy atom. The smallest absolute Gasteiger partial charge is 0.226 e. The average Bonchev–Trinajstić information content (AvgIpc) is 3.17. The van der Waals surface area contributed by atoms with Crippen LogP contribution in [0.3, 0.4) is 0 Å². The fourth-order valence-electron chi connectivity index (χ4n) is 5.62. The highest BCUT2D eigenvalue weighted by Crippen LogP contribution is 2.41. The number of rotatable bonds is 6. The van der Waals surface area contributed by atoms with Crippen molar-refractivity contribution in [3.05, 3.63) is 35.4 Å². The molecule has 2 fully saturated rings. The third-order valence-corrected chi connectivity index (χ3v) is 7.17. The third kappa shape index (κ3) is 4.66. The van der Waals surface area contributed by atoms with Crippen molar-refractivity contribution in [3.63, 3.8) is 0 Å². The standard InChI is InChI=1S/C25H36N2O3/c1-29-22-11-6-10-21(24(22)30-2)17-26-14-7-12-25(18-26)13-15-27(19-25)23(28)16-20-8-4-3-5-9-20/h6,8,10-11H,3-5,7,9,12-19H2,1-2H3/t25-/m1/s1. The molecule has 1 spiro atoms. The second-order valence-electron chi connectivity index (χ2n) is 9.32. The summed E-state index contributed by atoms with van der Waals surface area (Å²) in [6, 6.07) is 6.11. The van der Waals surface area contributed by atoms with Crippen LogP contribution in [-0.4, -0.2) is 56.1 Å². The molecule has 1 aliphatic carbocycles. The summed E-state index contributed by atoms with van der Waals surface area (Å²) < 4.78 is 11.1. The van der Waals surface area contributed by atoms with Gasteiger partial charge >= 0.3 is 0 Å². The number of benzene rings is 1. The molecule has 0 unspecified atom stereocenters. The van der Waals surface area contributed by atoms with Crippen molar-refractivity contribution >= 4 is 5.91 Å². The quantitative estimate of drug-likeness (QED) is 0.649. The highest BCUT2D eigenvalue weighted by atomic mass is 16.5. The number of likely N-dealkylation sites (tertiary alicyclic amines) is 2. The molecule has 0 aromatic heterocycles. The molecule has 164 valence electrons. The Bertz CT molecular complexity index is 791. The van der Waals surface area contributed by atoms with Gasteiger partial charge in [-0.2, -0.15) is 0 Å². The second kappa shape index (κ2) is 9.42. The topological polar surface area (TPSA) is 42.0 Å². The van der Waals surface area contributed by atoms with Gasteiger partial charge in [-0.05, 0) is 57.6 Å². The van der Waals surface area contributed by atoms with Crippen LogP contribution in [0.5, 0.6) is 11.5 Å². The zero-order chi connectivity index (χ0) is 21.0. The molecule has 5 nitrogen and oxygen atoms in total. The minimum absolute atomic E-state index is 0.251. The lowest BCUT2D eigenvalue weighted by atomic mass is 9.79. The highest BCUT2D eigenvalue weighted by Gasteiger charge is 2.42. The molecule has 30 heavy (non-hydrogen) atoms. The predicted molar refractivity (Wildman–Crippen MR) is 119 cm³/mol. The first-order valence-corrected chi connectivity index (χ1v) is 11.5. The molecule has 1 amide bonds. The largest absolute Gasteiger partial charge is 0.493 e. The molecule has 0 saturated carbocycles. The molecule has 0 N–H and O–H groups in total. The van der Waals surface area contributed by atoms with Crippen LogP contribution in [-0.2, 0) is 11.3 Å². The van der Waals surface area contributed by atoms with Crippen LogP contribution in [0.15, 0.2) is 29.8 Å². The van der Waals surface area contributed by atoms with Gasteiger partial charge in [-0.3, -0.25) is 9.69 Å². The number of piperidine rings is 1. The van der Waals surface area contributed by atoms with E-state index in [0.717, 1.165) is 63.5 Å². The van der Waals surface area contributed by atoms with Crippen LogP contribution >= 0.6 is 0 Å². The third-order valence-electron chi connectivity index (χ3n) is 7.17. The Balaban J connectivity index is 1.38. The molecule has 4 rings (SSSR count). The molecule has 2 aliphatic heterocycles. The van der Waals surface area contributed by atoms with Gasteiger partial charge in [0.25, 0.3) is 0 Å². The lowest BCUT2D eigenvalue weighted by molar-refractivity contribution is -0.130. The molecule has 5 heteroatoms. The number of carbonyl (C=O) groups is 1. The van der Waals surface area contributed by atoms with Crippen molar-refractivity contribution in [1.82, 2.24) is 9.80 Å². The molecule has 1 aromatic rings. The van der Waals surface area contributed by atoms with E-state index in [-0.39, 0.29) is 5.41 Å². The van der Waals surface area contributed by atoms with Crippen LogP contribution in [0.4, 0.5) is 0 Å². The van der Waals surface area contributed by atoms with Gasteiger partial charge in [0, 0.05) is 43.6 Å². The summed E-state index contributed by atoms with van der Waals surface area (Å²) in [6.07, 6.45) is 11.3. The Morgan fingerprint density at radius 2 is 1.97 bits per heavy atom. The summed E-state index contributed by atoms with van der Waals surface area (Å²) in [5, 5.41) is 0. The summed E-state index contributed by atoms with van der Waals surface area (Å²) >= 11 is 0. The summed E-state index contributed by atoms with van der Waals surface area (Å²) in [4.78, 5) is 17.6. The van der Waals surface area contributed by atoms with Crippen molar-refractivity contribution in [2.24, 2.45) is 5.41 Å². The van der Waals surface area contributed by atoms with Gasteiger partial charge in [-0.25, -0.2) is 0 Å². The summed E-state index contributed by atoms with van der Waals surface area (Å²) in [5.74, 6) is 1.96. The fourth-order valence-corrected chi connectivity index (χ4v) is 5.62. The van der Waals surface area contributed by atoms with E-state index in [0.29, 0.717) is 12.3 Å². The molecule has 1 aromatic carbocycles. The molecular weight excluding hydrogens is 376 g/mol. The molecule has 2 heterocycles. The zero-order valence-electron chi connectivity index (χ0n) is 18.6. The van der Waals surface area contributed by atoms with Crippen LogP contribution in [0.1, 0.15) is 56.9 Å². The lowest BCUT2D eigenvalue weighted by Crippen LogP contribution is -2.45. The van der Waals surface area contributed by atoms with Gasteiger partial charge in [-0.15, -0.1) is 0 Å². The number of methoxy groups -OCH3 is 2. The first kappa shape index (κ1) is 21.2. The number of hydrogen-bond acceptors (Lipinski definition) is 4. The van der Waals surface area contributed by atoms with E-state index in [9.17, 15) is 4.79 Å². The Kier molecular flexibility index (Phi) is 6.67. The Labute approximate surface area is 181 Å². The van der Waals surface area contributed by atoms with Gasteiger partial charge in [0.15, 0.2) is 11.5 Å². The van der Waals surface area contributed by atoms with E-state index in [4.69, 9.17) is 9.47 Å². The summed E-state index contributed by atoms with van der Waals surface area (Å²) in [6.45, 7) is 4.86. The number of nitrogens with zero attached hydrogens (tertiary/aromatic N) is 2. The van der Waals surface area contributed by atoms with E-state index in [1.807, 2.05) is 12.1 Å². The monoisotopic (exact) mass is 412 g/mol. The van der Waals surface area contributed by atoms with Gasteiger partial charge < -0.3 is 14.4 Å². The highest BCUT2D eigenvalue weighted by molar-refractivity contribution is 5.79. The van der Waals surface area contributed by atoms with E-state index in [1.54, 1.807) is 14.2 Å². The number of amides is 1. The molecule has 0 bridgehead atoms. The second-order valence-corrected chi connectivity index (χ2v) is 9.32. The number of carbonyl (C=O) groups excluding carboxylic acids is 1. The van der Waals surface area contributed by atoms with E-state index in [2.05, 4.69) is 21.9 Å². The molecule has 2 saturated heterocycles. The van der Waals surface area contributed by atoms with E-state index < -0.39 is 0 Å². The van der Waals surface area contributed by atoms with Gasteiger partial charge in [0.05, 0.1) is 14.2 Å². The maximum atomic E-state index is 12.9. The fraction of sp³-hybridized carbons (Fsp3) is 0.640. The normalized spacial score (nSPS) is 24.7. The minimum atomic E-state index is 0.251. The average molecular weight is 413 g/mol. The Hall–Kier alpha value is -2.01. The SMILES string of the molecule is COc1cccc(CN2CCC[C@@]3(CCN(C(=O)CC4=CCCCC4)C3)C2)c1OC. The lowest BCUT2D eigenvalue weighted by Gasteiger charge is -2.40. The maximum absolute atomic E-state index is 12.9. The summed E-state index contributed by atoms with van der Waals surface area (Å²) in [5.41, 5.74) is 2.78. The van der Waals surface area contributed by atoms with Crippen LogP contribution in [0.2, 0.25) is 0 Å². The van der Waals surface area contributed by atoms with Crippen molar-refractivity contribution in [3.8, 4) is 11.5 Å². The van der Waals surface area contributed by atoms with Crippen molar-refractivity contribution in [1.29, 1.82) is 0 Å². The molecule has 1 atom stereocenters. The van der Waals surface area contributed by atoms with Crippen LogP contribution in [0.25, 0.3) is 0 Å². The molecular formula is C25H36N2O3. The van der Waals surface area contributed by atoms with Gasteiger partial charge in [0.1, 0.15) is 0 Å². The van der Waals surface area contributed by atoms with Crippen molar-refractivity contribution in [2.45, 2.75) is 57.9 Å². The number of hydrogen-bond donors (Lipinski definition) is 0. The number of para-hydroxylation sites is 1. The number of allylic oxidation sites excluding steroid dienone is 1. The van der Waals surface area contributed by atoms with E-state index >= 15 is 0 Å². The predicted octanol–water partition coefficient (Wildman–Crippen LogP) is 4.41. The summed E-state index contributed by atoms with van der Waals surface area (Å²) in [7, 11) is 3.40. The van der Waals surface area contributed by atoms with Gasteiger partial charge in [-0.1, -0.05) is 23.8 Å². The first-order chi connectivity index (χ1) is 14.6. The molecule has 0 radical (unpaired) electrons. The maximum Gasteiger partial charge on any atom is 0.226 e. The van der Waals surface area contributed by atoms with E-state index in [1.165, 1.54) is 36.8 Å². The molecule has 3 aliphatic rings. The zero-order valence-corrected chi connectivity index (χ0v) is 18.6. The van der Waals surface area contributed by atoms with Crippen molar-refractivity contribution < 1.29 is 14.3 Å². The first-order valence-electron chi connectivity index (χ1n) is 11.5. The van der Waals surface area contributed by atoms with Crippen LogP contribution in [0, 0.1) is 5.41 Å². The number of ether oxygens (including phenoxy) is 2. The minimum Gasteiger partial charge on any atom is -0.493 e. The van der Waals surface area contributed by atoms with Crippen LogP contribution < -0.4 is 9.47 Å². The Morgan fingerprint density at radius 3 is 2.73 bits per heavy atom.